The number of rotatable bonds is 3. The molecule has 3 nitrogen and oxygen atoms in total. The summed E-state index contributed by atoms with van der Waals surface area (Å²) in [6.45, 7) is 1.83. The third kappa shape index (κ3) is 3.12. The van der Waals surface area contributed by atoms with Gasteiger partial charge < -0.3 is 10.4 Å². The summed E-state index contributed by atoms with van der Waals surface area (Å²) in [5.74, 6) is -0.172. The van der Waals surface area contributed by atoms with Crippen molar-refractivity contribution < 1.29 is 9.90 Å². The van der Waals surface area contributed by atoms with E-state index in [-0.39, 0.29) is 18.9 Å². The number of aryl methyl sites for hydroxylation is 1. The van der Waals surface area contributed by atoms with Crippen LogP contribution < -0.4 is 5.32 Å². The Morgan fingerprint density at radius 2 is 2.29 bits per heavy atom. The van der Waals surface area contributed by atoms with Gasteiger partial charge in [0.05, 0.1) is 13.0 Å². The van der Waals surface area contributed by atoms with Crippen LogP contribution in [-0.4, -0.2) is 17.6 Å². The summed E-state index contributed by atoms with van der Waals surface area (Å²) < 4.78 is 1.01. The SMILES string of the molecule is Cc1cc(NC(=O)CCO)ccc1Br. The van der Waals surface area contributed by atoms with Crippen molar-refractivity contribution in [1.29, 1.82) is 0 Å². The van der Waals surface area contributed by atoms with Crippen LogP contribution in [0, 0.1) is 6.92 Å². The normalized spacial score (nSPS) is 9.93. The molecule has 4 heteroatoms. The molecule has 0 fully saturated rings. The maximum atomic E-state index is 11.1. The highest BCUT2D eigenvalue weighted by Gasteiger charge is 2.02. The highest BCUT2D eigenvalue weighted by Crippen LogP contribution is 2.19. The van der Waals surface area contributed by atoms with Gasteiger partial charge in [0.15, 0.2) is 0 Å². The predicted molar refractivity (Wildman–Crippen MR) is 59.2 cm³/mol. The van der Waals surface area contributed by atoms with E-state index in [1.54, 1.807) is 0 Å². The Morgan fingerprint density at radius 1 is 1.57 bits per heavy atom. The van der Waals surface area contributed by atoms with Gasteiger partial charge in [0.2, 0.25) is 5.91 Å². The Hall–Kier alpha value is -0.870. The van der Waals surface area contributed by atoms with E-state index in [2.05, 4.69) is 21.2 Å². The van der Waals surface area contributed by atoms with Crippen molar-refractivity contribution in [2.45, 2.75) is 13.3 Å². The van der Waals surface area contributed by atoms with Crippen molar-refractivity contribution in [1.82, 2.24) is 0 Å². The van der Waals surface area contributed by atoms with Gasteiger partial charge >= 0.3 is 0 Å². The molecule has 0 radical (unpaired) electrons. The summed E-state index contributed by atoms with van der Waals surface area (Å²) in [4.78, 5) is 11.1. The van der Waals surface area contributed by atoms with Crippen molar-refractivity contribution in [2.24, 2.45) is 0 Å². The number of benzene rings is 1. The minimum atomic E-state index is -0.172. The molecule has 2 N–H and O–H groups in total. The van der Waals surface area contributed by atoms with Gasteiger partial charge in [0.1, 0.15) is 0 Å². The van der Waals surface area contributed by atoms with Crippen LogP contribution in [0.1, 0.15) is 12.0 Å². The van der Waals surface area contributed by atoms with Gasteiger partial charge in [-0.15, -0.1) is 0 Å². The van der Waals surface area contributed by atoms with Crippen LogP contribution in [0.15, 0.2) is 22.7 Å². The van der Waals surface area contributed by atoms with Gasteiger partial charge in [-0.1, -0.05) is 15.9 Å². The molecular formula is C10H12BrNO2. The van der Waals surface area contributed by atoms with Crippen LogP contribution in [0.2, 0.25) is 0 Å². The molecule has 0 heterocycles. The van der Waals surface area contributed by atoms with Crippen molar-refractivity contribution in [2.75, 3.05) is 11.9 Å². The molecule has 0 aromatic heterocycles. The summed E-state index contributed by atoms with van der Waals surface area (Å²) in [7, 11) is 0. The van der Waals surface area contributed by atoms with Crippen LogP contribution >= 0.6 is 15.9 Å². The zero-order valence-corrected chi connectivity index (χ0v) is 9.47. The first-order chi connectivity index (χ1) is 6.63. The monoisotopic (exact) mass is 257 g/mol. The summed E-state index contributed by atoms with van der Waals surface area (Å²) in [6.07, 6.45) is 0.134. The van der Waals surface area contributed by atoms with Crippen LogP contribution in [0.5, 0.6) is 0 Å². The topological polar surface area (TPSA) is 49.3 Å². The molecule has 0 aliphatic carbocycles. The van der Waals surface area contributed by atoms with Crippen molar-refractivity contribution in [3.63, 3.8) is 0 Å². The van der Waals surface area contributed by atoms with E-state index in [0.717, 1.165) is 15.7 Å². The number of anilines is 1. The van der Waals surface area contributed by atoms with Crippen molar-refractivity contribution in [3.8, 4) is 0 Å². The average molecular weight is 258 g/mol. The number of nitrogens with one attached hydrogen (secondary N) is 1. The van der Waals surface area contributed by atoms with E-state index in [0.29, 0.717) is 0 Å². The Bertz CT molecular complexity index is 339. The Morgan fingerprint density at radius 3 is 2.86 bits per heavy atom. The number of amides is 1. The maximum absolute atomic E-state index is 11.1. The van der Waals surface area contributed by atoms with Crippen LogP contribution in [-0.2, 0) is 4.79 Å². The van der Waals surface area contributed by atoms with Gasteiger partial charge in [0.25, 0.3) is 0 Å². The first-order valence-electron chi connectivity index (χ1n) is 4.30. The number of halogens is 1. The third-order valence-electron chi connectivity index (χ3n) is 1.78. The second-order valence-electron chi connectivity index (χ2n) is 2.99. The first kappa shape index (κ1) is 11.2. The average Bonchev–Trinajstić information content (AvgIpc) is 2.12. The molecule has 0 unspecified atom stereocenters. The van der Waals surface area contributed by atoms with E-state index in [1.807, 2.05) is 25.1 Å². The molecule has 0 aliphatic rings. The van der Waals surface area contributed by atoms with Crippen LogP contribution in [0.4, 0.5) is 5.69 Å². The van der Waals surface area contributed by atoms with E-state index < -0.39 is 0 Å². The van der Waals surface area contributed by atoms with Crippen LogP contribution in [0.3, 0.4) is 0 Å². The molecule has 76 valence electrons. The van der Waals surface area contributed by atoms with Crippen molar-refractivity contribution in [3.05, 3.63) is 28.2 Å². The van der Waals surface area contributed by atoms with Gasteiger partial charge in [-0.25, -0.2) is 0 Å². The quantitative estimate of drug-likeness (QED) is 0.872. The zero-order chi connectivity index (χ0) is 10.6. The fourth-order valence-corrected chi connectivity index (χ4v) is 1.29. The number of carbonyl (C=O) groups is 1. The molecule has 14 heavy (non-hydrogen) atoms. The minimum Gasteiger partial charge on any atom is -0.396 e. The fourth-order valence-electron chi connectivity index (χ4n) is 1.05. The molecule has 0 spiro atoms. The molecule has 1 aromatic rings. The molecule has 0 saturated heterocycles. The number of hydrogen-bond acceptors (Lipinski definition) is 2. The standard InChI is InChI=1S/C10H12BrNO2/c1-7-6-8(2-3-9(7)11)12-10(14)4-5-13/h2-3,6,13H,4-5H2,1H3,(H,12,14). The molecule has 1 amide bonds. The Kier molecular flexibility index (Phi) is 4.10. The molecule has 0 bridgehead atoms. The molecule has 1 aromatic carbocycles. The smallest absolute Gasteiger partial charge is 0.226 e. The lowest BCUT2D eigenvalue weighted by Crippen LogP contribution is -2.12. The number of hydrogen-bond donors (Lipinski definition) is 2. The van der Waals surface area contributed by atoms with Gasteiger partial charge in [-0.05, 0) is 30.7 Å². The summed E-state index contributed by atoms with van der Waals surface area (Å²) in [6, 6.07) is 5.57. The Labute approximate surface area is 91.3 Å². The first-order valence-corrected chi connectivity index (χ1v) is 5.09. The molecule has 0 atom stereocenters. The largest absolute Gasteiger partial charge is 0.396 e. The van der Waals surface area contributed by atoms with E-state index in [9.17, 15) is 4.79 Å². The van der Waals surface area contributed by atoms with E-state index in [1.165, 1.54) is 0 Å². The van der Waals surface area contributed by atoms with E-state index >= 15 is 0 Å². The predicted octanol–water partition coefficient (Wildman–Crippen LogP) is 2.08. The molecule has 0 aliphatic heterocycles. The number of carbonyl (C=O) groups excluding carboxylic acids is 1. The second kappa shape index (κ2) is 5.12. The third-order valence-corrected chi connectivity index (χ3v) is 2.67. The van der Waals surface area contributed by atoms with Gasteiger partial charge in [-0.2, -0.15) is 0 Å². The maximum Gasteiger partial charge on any atom is 0.226 e. The molecule has 0 saturated carbocycles. The molecule has 1 rings (SSSR count). The summed E-state index contributed by atoms with van der Waals surface area (Å²) in [5, 5.41) is 11.2. The molecular weight excluding hydrogens is 246 g/mol. The van der Waals surface area contributed by atoms with Gasteiger partial charge in [0, 0.05) is 10.2 Å². The lowest BCUT2D eigenvalue weighted by atomic mass is 10.2. The zero-order valence-electron chi connectivity index (χ0n) is 7.88. The second-order valence-corrected chi connectivity index (χ2v) is 3.84. The lowest BCUT2D eigenvalue weighted by Gasteiger charge is -2.05. The van der Waals surface area contributed by atoms with E-state index in [4.69, 9.17) is 5.11 Å². The van der Waals surface area contributed by atoms with Crippen LogP contribution in [0.25, 0.3) is 0 Å². The van der Waals surface area contributed by atoms with Gasteiger partial charge in [-0.3, -0.25) is 4.79 Å². The summed E-state index contributed by atoms with van der Waals surface area (Å²) >= 11 is 3.37. The van der Waals surface area contributed by atoms with Crippen molar-refractivity contribution >= 4 is 27.5 Å². The lowest BCUT2D eigenvalue weighted by molar-refractivity contribution is -0.116. The minimum absolute atomic E-state index is 0.124. The highest BCUT2D eigenvalue weighted by atomic mass is 79.9. The summed E-state index contributed by atoms with van der Waals surface area (Å²) in [5.41, 5.74) is 1.82. The Balaban J connectivity index is 2.68. The highest BCUT2D eigenvalue weighted by molar-refractivity contribution is 9.10. The number of aliphatic hydroxyl groups is 1. The fraction of sp³-hybridized carbons (Fsp3) is 0.300. The number of aliphatic hydroxyl groups excluding tert-OH is 1.